The third-order valence-corrected chi connectivity index (χ3v) is 3.94. The average molecular weight is 214 g/mol. The van der Waals surface area contributed by atoms with Crippen LogP contribution in [0.1, 0.15) is 56.6 Å². The fourth-order valence-corrected chi connectivity index (χ4v) is 2.69. The third kappa shape index (κ3) is 2.37. The molecular weight excluding hydrogens is 192 g/mol. The van der Waals surface area contributed by atoms with Gasteiger partial charge in [-0.3, -0.25) is 0 Å². The van der Waals surface area contributed by atoms with E-state index >= 15 is 0 Å². The Balaban J connectivity index is 1.96. The van der Waals surface area contributed by atoms with Gasteiger partial charge in [-0.2, -0.15) is 0 Å². The molecule has 1 aromatic rings. The molecule has 1 aromatic carbocycles. The molecule has 1 unspecified atom stereocenters. The van der Waals surface area contributed by atoms with Crippen molar-refractivity contribution in [3.05, 3.63) is 41.5 Å². The second-order valence-corrected chi connectivity index (χ2v) is 4.85. The van der Waals surface area contributed by atoms with E-state index in [4.69, 9.17) is 0 Å². The molecule has 0 nitrogen and oxygen atoms in total. The number of rotatable bonds is 5. The molecule has 86 valence electrons. The monoisotopic (exact) mass is 214 g/mol. The van der Waals surface area contributed by atoms with Gasteiger partial charge in [0.05, 0.1) is 0 Å². The van der Waals surface area contributed by atoms with Gasteiger partial charge in [-0.15, -0.1) is 0 Å². The van der Waals surface area contributed by atoms with E-state index in [2.05, 4.69) is 50.3 Å². The van der Waals surface area contributed by atoms with E-state index in [9.17, 15) is 0 Å². The van der Waals surface area contributed by atoms with Crippen LogP contribution in [0.2, 0.25) is 0 Å². The summed E-state index contributed by atoms with van der Waals surface area (Å²) in [5.41, 5.74) is 2.96. The van der Waals surface area contributed by atoms with Crippen LogP contribution in [-0.4, -0.2) is 0 Å². The van der Waals surface area contributed by atoms with E-state index in [1.54, 1.807) is 0 Å². The van der Waals surface area contributed by atoms with E-state index in [1.807, 2.05) is 0 Å². The zero-order valence-corrected chi connectivity index (χ0v) is 10.4. The minimum atomic E-state index is 0.678. The molecule has 1 aliphatic carbocycles. The molecule has 0 amide bonds. The largest absolute Gasteiger partial charge is 0.0764 e. The first-order valence-corrected chi connectivity index (χ1v) is 6.62. The lowest BCUT2D eigenvalue weighted by molar-refractivity contribution is 0.432. The fourth-order valence-electron chi connectivity index (χ4n) is 2.69. The predicted octanol–water partition coefficient (Wildman–Crippen LogP) is 5.01. The average Bonchev–Trinajstić information content (AvgIpc) is 2.74. The maximum Gasteiger partial charge on any atom is 0.00273 e. The van der Waals surface area contributed by atoms with Gasteiger partial charge >= 0.3 is 0 Å². The molecule has 1 atom stereocenters. The molecule has 0 saturated carbocycles. The Kier molecular flexibility index (Phi) is 3.82. The highest BCUT2D eigenvalue weighted by Crippen LogP contribution is 2.34. The molecule has 2 rings (SSSR count). The molecule has 0 heterocycles. The molecule has 0 aliphatic heterocycles. The van der Waals surface area contributed by atoms with Gasteiger partial charge < -0.3 is 0 Å². The van der Waals surface area contributed by atoms with Crippen molar-refractivity contribution in [2.45, 2.75) is 45.4 Å². The van der Waals surface area contributed by atoms with E-state index in [0.29, 0.717) is 5.92 Å². The summed E-state index contributed by atoms with van der Waals surface area (Å²) in [5, 5.41) is 0. The summed E-state index contributed by atoms with van der Waals surface area (Å²) in [6.07, 6.45) is 10.0. The van der Waals surface area contributed by atoms with Crippen LogP contribution in [0.3, 0.4) is 0 Å². The summed E-state index contributed by atoms with van der Waals surface area (Å²) in [6.45, 7) is 4.62. The smallest absolute Gasteiger partial charge is 0.00273 e. The van der Waals surface area contributed by atoms with Gasteiger partial charge in [0, 0.05) is 5.92 Å². The van der Waals surface area contributed by atoms with Gasteiger partial charge in [-0.25, -0.2) is 0 Å². The lowest BCUT2D eigenvalue weighted by Gasteiger charge is -2.16. The topological polar surface area (TPSA) is 0 Å². The van der Waals surface area contributed by atoms with Gasteiger partial charge in [0.1, 0.15) is 0 Å². The van der Waals surface area contributed by atoms with E-state index in [-0.39, 0.29) is 0 Å². The van der Waals surface area contributed by atoms with E-state index in [0.717, 1.165) is 5.92 Å². The molecular formula is C16H22. The zero-order chi connectivity index (χ0) is 11.4. The van der Waals surface area contributed by atoms with Gasteiger partial charge in [-0.1, -0.05) is 63.1 Å². The highest BCUT2D eigenvalue weighted by Gasteiger charge is 2.17. The maximum atomic E-state index is 2.38. The highest BCUT2D eigenvalue weighted by atomic mass is 14.2. The second kappa shape index (κ2) is 5.34. The van der Waals surface area contributed by atoms with Crippen LogP contribution in [0.4, 0.5) is 0 Å². The van der Waals surface area contributed by atoms with Gasteiger partial charge in [0.25, 0.3) is 0 Å². The van der Waals surface area contributed by atoms with Crippen LogP contribution in [0.5, 0.6) is 0 Å². The SMILES string of the molecule is CCC(CC)CCC1C=Cc2ccccc21. The summed E-state index contributed by atoms with van der Waals surface area (Å²) < 4.78 is 0. The number of allylic oxidation sites excluding steroid dienone is 1. The van der Waals surface area contributed by atoms with Crippen molar-refractivity contribution in [3.8, 4) is 0 Å². The Morgan fingerprint density at radius 2 is 1.88 bits per heavy atom. The first-order valence-electron chi connectivity index (χ1n) is 6.62. The number of benzene rings is 1. The predicted molar refractivity (Wildman–Crippen MR) is 71.5 cm³/mol. The van der Waals surface area contributed by atoms with Crippen molar-refractivity contribution < 1.29 is 0 Å². The Bertz CT molecular complexity index is 358. The standard InChI is InChI=1S/C16H22/c1-3-13(4-2)9-10-15-12-11-14-7-5-6-8-16(14)15/h5-8,11-13,15H,3-4,9-10H2,1-2H3. The van der Waals surface area contributed by atoms with Gasteiger partial charge in [0.2, 0.25) is 0 Å². The number of hydrogen-bond acceptors (Lipinski definition) is 0. The second-order valence-electron chi connectivity index (χ2n) is 4.85. The normalized spacial score (nSPS) is 18.1. The van der Waals surface area contributed by atoms with Crippen molar-refractivity contribution in [2.24, 2.45) is 5.92 Å². The molecule has 0 spiro atoms. The zero-order valence-electron chi connectivity index (χ0n) is 10.4. The van der Waals surface area contributed by atoms with Crippen LogP contribution in [0.25, 0.3) is 6.08 Å². The van der Waals surface area contributed by atoms with Crippen molar-refractivity contribution in [3.63, 3.8) is 0 Å². The molecule has 0 radical (unpaired) electrons. The molecule has 0 bridgehead atoms. The van der Waals surface area contributed by atoms with Gasteiger partial charge in [0.15, 0.2) is 0 Å². The van der Waals surface area contributed by atoms with Crippen molar-refractivity contribution in [1.29, 1.82) is 0 Å². The molecule has 0 heteroatoms. The fraction of sp³-hybridized carbons (Fsp3) is 0.500. The molecule has 16 heavy (non-hydrogen) atoms. The van der Waals surface area contributed by atoms with Crippen molar-refractivity contribution in [2.75, 3.05) is 0 Å². The van der Waals surface area contributed by atoms with Crippen LogP contribution in [0, 0.1) is 5.92 Å². The van der Waals surface area contributed by atoms with E-state index < -0.39 is 0 Å². The maximum absolute atomic E-state index is 2.38. The minimum absolute atomic E-state index is 0.678. The quantitative estimate of drug-likeness (QED) is 0.646. The third-order valence-electron chi connectivity index (χ3n) is 3.94. The Morgan fingerprint density at radius 1 is 1.12 bits per heavy atom. The first kappa shape index (κ1) is 11.4. The summed E-state index contributed by atoms with van der Waals surface area (Å²) in [7, 11) is 0. The van der Waals surface area contributed by atoms with Crippen LogP contribution in [0.15, 0.2) is 30.3 Å². The Hall–Kier alpha value is -1.04. The minimum Gasteiger partial charge on any atom is -0.0764 e. The van der Waals surface area contributed by atoms with Crippen LogP contribution in [-0.2, 0) is 0 Å². The first-order chi connectivity index (χ1) is 7.85. The summed E-state index contributed by atoms with van der Waals surface area (Å²) in [6, 6.07) is 8.80. The van der Waals surface area contributed by atoms with Gasteiger partial charge in [-0.05, 0) is 29.9 Å². The Labute approximate surface area is 99.4 Å². The van der Waals surface area contributed by atoms with Crippen molar-refractivity contribution >= 4 is 6.08 Å². The highest BCUT2D eigenvalue weighted by molar-refractivity contribution is 5.62. The molecule has 0 fully saturated rings. The van der Waals surface area contributed by atoms with Crippen LogP contribution >= 0.6 is 0 Å². The Morgan fingerprint density at radius 3 is 2.62 bits per heavy atom. The summed E-state index contributed by atoms with van der Waals surface area (Å²) >= 11 is 0. The molecule has 1 aliphatic rings. The summed E-state index contributed by atoms with van der Waals surface area (Å²) in [5.74, 6) is 1.60. The lowest BCUT2D eigenvalue weighted by Crippen LogP contribution is -2.00. The molecule has 0 aromatic heterocycles. The number of hydrogen-bond donors (Lipinski definition) is 0. The lowest BCUT2D eigenvalue weighted by atomic mass is 9.89. The number of fused-ring (bicyclic) bond motifs is 1. The van der Waals surface area contributed by atoms with Crippen molar-refractivity contribution in [1.82, 2.24) is 0 Å². The molecule has 0 N–H and O–H groups in total. The molecule has 0 saturated heterocycles. The summed E-state index contributed by atoms with van der Waals surface area (Å²) in [4.78, 5) is 0. The van der Waals surface area contributed by atoms with E-state index in [1.165, 1.54) is 36.8 Å². The van der Waals surface area contributed by atoms with Crippen LogP contribution < -0.4 is 0 Å².